The third kappa shape index (κ3) is 3.23. The Morgan fingerprint density at radius 3 is 2.34 bits per heavy atom. The third-order valence-electron chi connectivity index (χ3n) is 7.45. The second-order valence-corrected chi connectivity index (χ2v) is 10.4. The molecule has 6 heteroatoms. The molecule has 4 unspecified atom stereocenters. The van der Waals surface area contributed by atoms with Crippen LogP contribution < -0.4 is 4.90 Å². The fraction of sp³-hybridized carbons (Fsp3) is 0.207. The lowest BCUT2D eigenvalue weighted by molar-refractivity contribution is -0.123. The van der Waals surface area contributed by atoms with Gasteiger partial charge in [0.05, 0.1) is 23.6 Å². The highest BCUT2D eigenvalue weighted by molar-refractivity contribution is 9.10. The summed E-state index contributed by atoms with van der Waals surface area (Å²) in [6.45, 7) is 3.89. The van der Waals surface area contributed by atoms with Crippen molar-refractivity contribution < 1.29 is 14.4 Å². The molecule has 6 rings (SSSR count). The van der Waals surface area contributed by atoms with E-state index in [1.807, 2.05) is 85.6 Å². The molecule has 3 heterocycles. The van der Waals surface area contributed by atoms with E-state index in [9.17, 15) is 14.4 Å². The minimum absolute atomic E-state index is 0.150. The summed E-state index contributed by atoms with van der Waals surface area (Å²) >= 11 is 3.42. The number of halogens is 1. The number of fused-ring (bicyclic) bond motifs is 5. The van der Waals surface area contributed by atoms with Crippen molar-refractivity contribution in [3.63, 3.8) is 0 Å². The second-order valence-electron chi connectivity index (χ2n) is 9.51. The fourth-order valence-electron chi connectivity index (χ4n) is 5.94. The third-order valence-corrected chi connectivity index (χ3v) is 7.98. The molecule has 35 heavy (non-hydrogen) atoms. The summed E-state index contributed by atoms with van der Waals surface area (Å²) in [6, 6.07) is 19.6. The highest BCUT2D eigenvalue weighted by Gasteiger charge is 2.64. The summed E-state index contributed by atoms with van der Waals surface area (Å²) in [6.07, 6.45) is 3.85. The summed E-state index contributed by atoms with van der Waals surface area (Å²) in [5.41, 5.74) is 5.03. The molecule has 3 aliphatic heterocycles. The average Bonchev–Trinajstić information content (AvgIpc) is 3.32. The van der Waals surface area contributed by atoms with Crippen LogP contribution in [0.4, 0.5) is 5.69 Å². The highest BCUT2D eigenvalue weighted by atomic mass is 79.9. The normalized spacial score (nSPS) is 24.4. The van der Waals surface area contributed by atoms with Crippen LogP contribution in [0.25, 0.3) is 6.08 Å². The number of rotatable bonds is 3. The van der Waals surface area contributed by atoms with Crippen LogP contribution in [-0.2, 0) is 9.59 Å². The molecule has 5 nitrogen and oxygen atoms in total. The number of Topliss-reactive ketones (excluding diaryl/α,β-unsaturated/α-hetero) is 1. The van der Waals surface area contributed by atoms with Crippen molar-refractivity contribution in [2.24, 2.45) is 11.8 Å². The molecule has 0 radical (unpaired) electrons. The lowest BCUT2D eigenvalue weighted by Gasteiger charge is -2.35. The zero-order valence-corrected chi connectivity index (χ0v) is 20.9. The SMILES string of the molecule is Cc1ccc(N2C(=O)C3C(C2=O)C2c4ccccc4C=CN2C3C(=O)c2ccc(Br)cc2)c(C)c1. The molecular formula is C29H23BrN2O3. The Morgan fingerprint density at radius 2 is 1.60 bits per heavy atom. The Labute approximate surface area is 212 Å². The van der Waals surface area contributed by atoms with Crippen LogP contribution in [0.15, 0.2) is 77.4 Å². The first kappa shape index (κ1) is 22.0. The number of imide groups is 1. The molecule has 174 valence electrons. The van der Waals surface area contributed by atoms with Gasteiger partial charge < -0.3 is 4.90 Å². The van der Waals surface area contributed by atoms with E-state index in [2.05, 4.69) is 15.9 Å². The molecule has 3 aromatic carbocycles. The van der Waals surface area contributed by atoms with Crippen LogP contribution in [0.5, 0.6) is 0 Å². The summed E-state index contributed by atoms with van der Waals surface area (Å²) in [5.74, 6) is -2.10. The second kappa shape index (κ2) is 8.02. The smallest absolute Gasteiger partial charge is 0.240 e. The van der Waals surface area contributed by atoms with Gasteiger partial charge in [0.15, 0.2) is 5.78 Å². The van der Waals surface area contributed by atoms with Crippen molar-refractivity contribution in [1.29, 1.82) is 0 Å². The molecule has 0 saturated carbocycles. The number of carbonyl (C=O) groups excluding carboxylic acids is 3. The molecule has 2 saturated heterocycles. The zero-order valence-electron chi connectivity index (χ0n) is 19.3. The molecule has 0 aliphatic carbocycles. The number of benzene rings is 3. The van der Waals surface area contributed by atoms with Crippen molar-refractivity contribution in [3.8, 4) is 0 Å². The van der Waals surface area contributed by atoms with Gasteiger partial charge >= 0.3 is 0 Å². The Hall–Kier alpha value is -3.51. The predicted molar refractivity (Wildman–Crippen MR) is 138 cm³/mol. The van der Waals surface area contributed by atoms with Crippen LogP contribution in [0.3, 0.4) is 0 Å². The molecule has 3 aliphatic rings. The minimum atomic E-state index is -0.764. The first-order valence-electron chi connectivity index (χ1n) is 11.7. The number of nitrogens with zero attached hydrogens (tertiary/aromatic N) is 2. The van der Waals surface area contributed by atoms with Crippen LogP contribution in [0, 0.1) is 25.7 Å². The quantitative estimate of drug-likeness (QED) is 0.335. The largest absolute Gasteiger partial charge is 0.358 e. The maximum atomic E-state index is 14.0. The Balaban J connectivity index is 1.50. The van der Waals surface area contributed by atoms with E-state index in [-0.39, 0.29) is 23.6 Å². The van der Waals surface area contributed by atoms with Crippen molar-refractivity contribution in [2.45, 2.75) is 25.9 Å². The van der Waals surface area contributed by atoms with Gasteiger partial charge in [0.2, 0.25) is 11.8 Å². The number of ketones is 1. The first-order chi connectivity index (χ1) is 16.9. The van der Waals surface area contributed by atoms with E-state index < -0.39 is 17.9 Å². The van der Waals surface area contributed by atoms with E-state index in [0.29, 0.717) is 11.3 Å². The molecule has 2 fully saturated rings. The summed E-state index contributed by atoms with van der Waals surface area (Å²) in [5, 5.41) is 0. The lowest BCUT2D eigenvalue weighted by atomic mass is 9.83. The van der Waals surface area contributed by atoms with Gasteiger partial charge in [-0.2, -0.15) is 0 Å². The van der Waals surface area contributed by atoms with E-state index in [1.54, 1.807) is 12.1 Å². The Bertz CT molecular complexity index is 1430. The molecule has 0 aromatic heterocycles. The predicted octanol–water partition coefficient (Wildman–Crippen LogP) is 5.46. The van der Waals surface area contributed by atoms with Crippen molar-refractivity contribution >= 4 is 45.3 Å². The minimum Gasteiger partial charge on any atom is -0.358 e. The monoisotopic (exact) mass is 526 g/mol. The van der Waals surface area contributed by atoms with E-state index in [0.717, 1.165) is 26.7 Å². The summed E-state index contributed by atoms with van der Waals surface area (Å²) in [7, 11) is 0. The number of hydrogen-bond acceptors (Lipinski definition) is 4. The van der Waals surface area contributed by atoms with Crippen molar-refractivity contribution in [2.75, 3.05) is 4.90 Å². The first-order valence-corrected chi connectivity index (χ1v) is 12.5. The molecule has 3 aromatic rings. The van der Waals surface area contributed by atoms with Gasteiger partial charge in [-0.05, 0) is 54.8 Å². The average molecular weight is 527 g/mol. The van der Waals surface area contributed by atoms with Crippen LogP contribution in [0.2, 0.25) is 0 Å². The summed E-state index contributed by atoms with van der Waals surface area (Å²) in [4.78, 5) is 45.1. The Kier molecular flexibility index (Phi) is 5.04. The van der Waals surface area contributed by atoms with Gasteiger partial charge in [0, 0.05) is 16.2 Å². The van der Waals surface area contributed by atoms with Gasteiger partial charge in [0.1, 0.15) is 6.04 Å². The van der Waals surface area contributed by atoms with Gasteiger partial charge in [-0.3, -0.25) is 14.4 Å². The van der Waals surface area contributed by atoms with E-state index >= 15 is 0 Å². The van der Waals surface area contributed by atoms with E-state index in [4.69, 9.17) is 0 Å². The summed E-state index contributed by atoms with van der Waals surface area (Å²) < 4.78 is 0.871. The molecule has 0 bridgehead atoms. The number of anilines is 1. The molecule has 2 amide bonds. The lowest BCUT2D eigenvalue weighted by Crippen LogP contribution is -2.44. The van der Waals surface area contributed by atoms with Crippen molar-refractivity contribution in [3.05, 3.63) is 105 Å². The molecular weight excluding hydrogens is 504 g/mol. The Morgan fingerprint density at radius 1 is 0.886 bits per heavy atom. The van der Waals surface area contributed by atoms with Gasteiger partial charge in [-0.25, -0.2) is 4.90 Å². The van der Waals surface area contributed by atoms with Crippen LogP contribution in [0.1, 0.15) is 38.7 Å². The topological polar surface area (TPSA) is 57.7 Å². The van der Waals surface area contributed by atoms with Gasteiger partial charge in [0.25, 0.3) is 0 Å². The van der Waals surface area contributed by atoms with Gasteiger partial charge in [-0.15, -0.1) is 0 Å². The number of carbonyl (C=O) groups is 3. The maximum Gasteiger partial charge on any atom is 0.240 e. The molecule has 4 atom stereocenters. The number of aryl methyl sites for hydroxylation is 2. The standard InChI is InChI=1S/C29H23BrN2O3/c1-16-7-12-22(17(2)15-16)32-28(34)23-24(29(32)35)26(27(33)19-8-10-20(30)11-9-19)31-14-13-18-5-3-4-6-21(18)25(23)31/h3-15,23-26H,1-2H3. The zero-order chi connectivity index (χ0) is 24.4. The van der Waals surface area contributed by atoms with Crippen LogP contribution >= 0.6 is 15.9 Å². The van der Waals surface area contributed by atoms with E-state index in [1.165, 1.54) is 4.90 Å². The van der Waals surface area contributed by atoms with Crippen molar-refractivity contribution in [1.82, 2.24) is 4.90 Å². The van der Waals surface area contributed by atoms with Crippen LogP contribution in [-0.4, -0.2) is 28.5 Å². The molecule has 0 spiro atoms. The number of hydrogen-bond donors (Lipinski definition) is 0. The fourth-order valence-corrected chi connectivity index (χ4v) is 6.20. The maximum absolute atomic E-state index is 14.0. The highest BCUT2D eigenvalue weighted by Crippen LogP contribution is 2.54. The number of amides is 2. The molecule has 0 N–H and O–H groups in total. The van der Waals surface area contributed by atoms with Gasteiger partial charge in [-0.1, -0.05) is 70.0 Å².